The number of hydrogen-bond donors (Lipinski definition) is 1. The summed E-state index contributed by atoms with van der Waals surface area (Å²) < 4.78 is 7.84. The van der Waals surface area contributed by atoms with Gasteiger partial charge in [-0.2, -0.15) is 0 Å². The van der Waals surface area contributed by atoms with E-state index in [9.17, 15) is 0 Å². The lowest BCUT2D eigenvalue weighted by Crippen LogP contribution is -2.38. The number of nitrogens with zero attached hydrogens (tertiary/aromatic N) is 7. The minimum atomic E-state index is 0.449. The van der Waals surface area contributed by atoms with Crippen molar-refractivity contribution in [1.82, 2.24) is 24.5 Å². The van der Waals surface area contributed by atoms with Gasteiger partial charge in [0.25, 0.3) is 0 Å². The zero-order valence-corrected chi connectivity index (χ0v) is 18.7. The van der Waals surface area contributed by atoms with Crippen LogP contribution in [0.25, 0.3) is 11.0 Å². The van der Waals surface area contributed by atoms with Crippen LogP contribution in [-0.2, 0) is 7.05 Å². The molecule has 1 aliphatic rings. The third kappa shape index (κ3) is 4.35. The highest BCUT2D eigenvalue weighted by atomic mass is 35.5. The number of halogens is 1. The van der Waals surface area contributed by atoms with Crippen LogP contribution in [-0.4, -0.2) is 37.6 Å². The Kier molecular flexibility index (Phi) is 5.62. The summed E-state index contributed by atoms with van der Waals surface area (Å²) in [6, 6.07) is 9.09. The molecule has 5 rings (SSSR count). The number of fused-ring (bicyclic) bond motifs is 1. The maximum atomic E-state index is 6.51. The number of ether oxygens (including phenoxy) is 1. The van der Waals surface area contributed by atoms with E-state index < -0.39 is 0 Å². The van der Waals surface area contributed by atoms with E-state index in [0.29, 0.717) is 44.8 Å². The first-order chi connectivity index (χ1) is 16.1. The van der Waals surface area contributed by atoms with Gasteiger partial charge in [-0.15, -0.1) is 0 Å². The number of hydrogen-bond acceptors (Lipinski definition) is 8. The molecule has 0 saturated carbocycles. The van der Waals surface area contributed by atoms with Crippen molar-refractivity contribution >= 4 is 40.1 Å². The molecule has 4 heterocycles. The van der Waals surface area contributed by atoms with Crippen LogP contribution in [0, 0.1) is 0 Å². The summed E-state index contributed by atoms with van der Waals surface area (Å²) in [4.78, 5) is 24.1. The summed E-state index contributed by atoms with van der Waals surface area (Å²) in [6.07, 6.45) is 7.70. The van der Waals surface area contributed by atoms with Crippen LogP contribution in [0.15, 0.2) is 66.8 Å². The smallest absolute Gasteiger partial charge is 0.226 e. The van der Waals surface area contributed by atoms with Gasteiger partial charge < -0.3 is 19.5 Å². The zero-order valence-electron chi connectivity index (χ0n) is 17.9. The lowest BCUT2D eigenvalue weighted by Gasteiger charge is -2.30. The standard InChI is InChI=1S/C23H21ClN8O/c1-3-25-20-12-16(7-10-31(20)2)33-19-6-5-15(11-17(19)24)29-22-21-18(27-14-28-22)13-26-23(30-21)32-8-4-9-32/h3,5-7,10-14H,1,4,8-9H2,2H3,(H,27,28,29)/b25-20-. The van der Waals surface area contributed by atoms with Crippen molar-refractivity contribution in [1.29, 1.82) is 0 Å². The number of aromatic nitrogens is 5. The van der Waals surface area contributed by atoms with Crippen LogP contribution in [0.1, 0.15) is 6.42 Å². The van der Waals surface area contributed by atoms with Crippen LogP contribution in [0.4, 0.5) is 17.5 Å². The lowest BCUT2D eigenvalue weighted by molar-refractivity contribution is 0.479. The largest absolute Gasteiger partial charge is 0.456 e. The number of aryl methyl sites for hydroxylation is 1. The van der Waals surface area contributed by atoms with Gasteiger partial charge in [0, 0.05) is 44.3 Å². The van der Waals surface area contributed by atoms with Crippen LogP contribution in [0.2, 0.25) is 5.02 Å². The SMILES string of the molecule is C=C/N=c1/cc(Oc2ccc(Nc3ncnc4cnc(N5CCC5)nc34)cc2Cl)ccn1C. The molecular formula is C23H21ClN8O. The van der Waals surface area contributed by atoms with Crippen LogP contribution < -0.4 is 20.4 Å². The van der Waals surface area contributed by atoms with E-state index in [-0.39, 0.29) is 0 Å². The summed E-state index contributed by atoms with van der Waals surface area (Å²) >= 11 is 6.51. The van der Waals surface area contributed by atoms with Crippen molar-refractivity contribution in [2.24, 2.45) is 12.0 Å². The molecular weight excluding hydrogens is 440 g/mol. The Morgan fingerprint density at radius 1 is 1.18 bits per heavy atom. The van der Waals surface area contributed by atoms with Crippen LogP contribution in [0.5, 0.6) is 11.5 Å². The molecule has 9 nitrogen and oxygen atoms in total. The molecule has 33 heavy (non-hydrogen) atoms. The van der Waals surface area contributed by atoms with Crippen LogP contribution >= 0.6 is 11.6 Å². The van der Waals surface area contributed by atoms with Gasteiger partial charge in [0.1, 0.15) is 34.3 Å². The number of pyridine rings is 1. The summed E-state index contributed by atoms with van der Waals surface area (Å²) in [5, 5.41) is 3.73. The van der Waals surface area contributed by atoms with E-state index in [0.717, 1.165) is 25.2 Å². The molecule has 3 aromatic heterocycles. The second kappa shape index (κ2) is 8.87. The molecule has 0 aliphatic carbocycles. The molecule has 0 radical (unpaired) electrons. The van der Waals surface area contributed by atoms with Gasteiger partial charge in [-0.25, -0.2) is 24.9 Å². The topological polar surface area (TPSA) is 93.3 Å². The molecule has 10 heteroatoms. The maximum absolute atomic E-state index is 6.51. The fraction of sp³-hybridized carbons (Fsp3) is 0.174. The minimum Gasteiger partial charge on any atom is -0.456 e. The predicted octanol–water partition coefficient (Wildman–Crippen LogP) is 4.20. The van der Waals surface area contributed by atoms with E-state index in [2.05, 4.69) is 41.7 Å². The van der Waals surface area contributed by atoms with Gasteiger partial charge >= 0.3 is 0 Å². The monoisotopic (exact) mass is 460 g/mol. The molecule has 0 atom stereocenters. The van der Waals surface area contributed by atoms with Crippen molar-refractivity contribution < 1.29 is 4.74 Å². The maximum Gasteiger partial charge on any atom is 0.226 e. The molecule has 1 aliphatic heterocycles. The first kappa shape index (κ1) is 20.9. The Bertz CT molecular complexity index is 1410. The van der Waals surface area contributed by atoms with Gasteiger partial charge in [0.2, 0.25) is 5.95 Å². The molecule has 0 amide bonds. The molecule has 4 aromatic rings. The third-order valence-corrected chi connectivity index (χ3v) is 5.54. The van der Waals surface area contributed by atoms with E-state index in [1.807, 2.05) is 36.0 Å². The molecule has 1 N–H and O–H groups in total. The Morgan fingerprint density at radius 2 is 2.06 bits per heavy atom. The van der Waals surface area contributed by atoms with Crippen molar-refractivity contribution in [3.05, 3.63) is 72.3 Å². The fourth-order valence-electron chi connectivity index (χ4n) is 3.35. The zero-order chi connectivity index (χ0) is 22.8. The van der Waals surface area contributed by atoms with Crippen molar-refractivity contribution in [3.63, 3.8) is 0 Å². The average molecular weight is 461 g/mol. The van der Waals surface area contributed by atoms with Gasteiger partial charge in [0.05, 0.1) is 11.2 Å². The number of nitrogens with one attached hydrogen (secondary N) is 1. The van der Waals surface area contributed by atoms with E-state index in [1.54, 1.807) is 18.3 Å². The first-order valence-corrected chi connectivity index (χ1v) is 10.8. The molecule has 1 saturated heterocycles. The number of benzene rings is 1. The van der Waals surface area contributed by atoms with E-state index >= 15 is 0 Å². The van der Waals surface area contributed by atoms with Gasteiger partial charge in [-0.1, -0.05) is 18.2 Å². The molecule has 166 valence electrons. The summed E-state index contributed by atoms with van der Waals surface area (Å²) in [5.41, 5.74) is 2.78. The summed E-state index contributed by atoms with van der Waals surface area (Å²) in [5.74, 6) is 2.41. The Balaban J connectivity index is 1.40. The lowest BCUT2D eigenvalue weighted by atomic mass is 10.2. The van der Waals surface area contributed by atoms with Gasteiger partial charge in [-0.3, -0.25) is 0 Å². The number of rotatable bonds is 6. The number of anilines is 3. The first-order valence-electron chi connectivity index (χ1n) is 10.4. The molecule has 0 spiro atoms. The average Bonchev–Trinajstić information content (AvgIpc) is 2.77. The second-order valence-corrected chi connectivity index (χ2v) is 7.89. The Morgan fingerprint density at radius 3 is 2.82 bits per heavy atom. The van der Waals surface area contributed by atoms with Crippen molar-refractivity contribution in [2.75, 3.05) is 23.3 Å². The van der Waals surface area contributed by atoms with Crippen LogP contribution in [0.3, 0.4) is 0 Å². The highest BCUT2D eigenvalue weighted by molar-refractivity contribution is 6.32. The minimum absolute atomic E-state index is 0.449. The highest BCUT2D eigenvalue weighted by Gasteiger charge is 2.18. The van der Waals surface area contributed by atoms with E-state index in [1.165, 1.54) is 12.5 Å². The predicted molar refractivity (Wildman–Crippen MR) is 128 cm³/mol. The highest BCUT2D eigenvalue weighted by Crippen LogP contribution is 2.33. The normalized spacial score (nSPS) is 13.6. The summed E-state index contributed by atoms with van der Waals surface area (Å²) in [6.45, 7) is 5.56. The second-order valence-electron chi connectivity index (χ2n) is 7.48. The van der Waals surface area contributed by atoms with Gasteiger partial charge in [0.15, 0.2) is 5.82 Å². The summed E-state index contributed by atoms with van der Waals surface area (Å²) in [7, 11) is 1.90. The van der Waals surface area contributed by atoms with E-state index in [4.69, 9.17) is 16.3 Å². The molecule has 1 aromatic carbocycles. The quantitative estimate of drug-likeness (QED) is 0.460. The molecule has 0 unspecified atom stereocenters. The Labute approximate surface area is 195 Å². The van der Waals surface area contributed by atoms with Crippen molar-refractivity contribution in [3.8, 4) is 11.5 Å². The van der Waals surface area contributed by atoms with Gasteiger partial charge in [-0.05, 0) is 30.7 Å². The van der Waals surface area contributed by atoms with Crippen molar-refractivity contribution in [2.45, 2.75) is 6.42 Å². The molecule has 1 fully saturated rings. The Hall–Kier alpha value is -3.98. The third-order valence-electron chi connectivity index (χ3n) is 5.24. The molecule has 0 bridgehead atoms. The fourth-order valence-corrected chi connectivity index (χ4v) is 3.57.